The first-order valence-electron chi connectivity index (χ1n) is 4.67. The van der Waals surface area contributed by atoms with Gasteiger partial charge >= 0.3 is 6.18 Å². The van der Waals surface area contributed by atoms with Gasteiger partial charge in [-0.05, 0) is 13.0 Å². The Hall–Kier alpha value is -0.920. The van der Waals surface area contributed by atoms with E-state index in [1.807, 2.05) is 0 Å². The number of alkyl halides is 5. The lowest BCUT2D eigenvalue weighted by Crippen LogP contribution is -2.51. The van der Waals surface area contributed by atoms with Crippen LogP contribution in [0, 0.1) is 5.92 Å². The molecule has 2 N–H and O–H groups in total. The molecule has 1 saturated heterocycles. The molecule has 1 aliphatic rings. The van der Waals surface area contributed by atoms with Crippen LogP contribution in [0.2, 0.25) is 0 Å². The third-order valence-corrected chi connectivity index (χ3v) is 2.26. The van der Waals surface area contributed by atoms with Crippen LogP contribution in [0.4, 0.5) is 22.0 Å². The third-order valence-electron chi connectivity index (χ3n) is 2.26. The molecule has 1 fully saturated rings. The highest BCUT2D eigenvalue weighted by molar-refractivity contribution is 5.79. The second-order valence-corrected chi connectivity index (χ2v) is 3.53. The summed E-state index contributed by atoms with van der Waals surface area (Å²) in [6, 6.07) is 0. The van der Waals surface area contributed by atoms with E-state index in [2.05, 4.69) is 5.32 Å². The van der Waals surface area contributed by atoms with Gasteiger partial charge in [0.15, 0.2) is 12.5 Å². The van der Waals surface area contributed by atoms with Crippen molar-refractivity contribution in [3.63, 3.8) is 0 Å². The van der Waals surface area contributed by atoms with Gasteiger partial charge in [-0.2, -0.15) is 13.2 Å². The largest absolute Gasteiger partial charge is 0.405 e. The summed E-state index contributed by atoms with van der Waals surface area (Å²) in [6.07, 6.45) is -8.69. The van der Waals surface area contributed by atoms with Crippen molar-refractivity contribution < 1.29 is 26.7 Å². The predicted octanol–water partition coefficient (Wildman–Crippen LogP) is 0.908. The smallest absolute Gasteiger partial charge is 0.347 e. The molecule has 0 spiro atoms. The van der Waals surface area contributed by atoms with Crippen LogP contribution < -0.4 is 10.6 Å². The number of nitrogens with one attached hydrogen (secondary N) is 2. The molecule has 0 bridgehead atoms. The lowest BCUT2D eigenvalue weighted by atomic mass is 9.94. The second-order valence-electron chi connectivity index (χ2n) is 3.53. The highest BCUT2D eigenvalue weighted by atomic mass is 19.4. The zero-order chi connectivity index (χ0) is 12.3. The van der Waals surface area contributed by atoms with Crippen molar-refractivity contribution in [1.29, 1.82) is 0 Å². The van der Waals surface area contributed by atoms with E-state index in [9.17, 15) is 26.7 Å². The van der Waals surface area contributed by atoms with Gasteiger partial charge in [0.25, 0.3) is 0 Å². The summed E-state index contributed by atoms with van der Waals surface area (Å²) >= 11 is 0. The number of piperidine rings is 1. The fourth-order valence-corrected chi connectivity index (χ4v) is 1.45. The molecule has 0 aromatic heterocycles. The standard InChI is InChI=1S/C8H11F5N2O/c9-5-4(1-2-14-6(5)10)7(16)15-3-8(11,12)13/h4-6,14H,1-3H2,(H,15,16). The number of halogens is 5. The summed E-state index contributed by atoms with van der Waals surface area (Å²) < 4.78 is 61.2. The number of hydrogen-bond donors (Lipinski definition) is 2. The Labute approximate surface area is 88.4 Å². The Morgan fingerprint density at radius 1 is 1.38 bits per heavy atom. The Morgan fingerprint density at radius 3 is 2.56 bits per heavy atom. The molecule has 1 aliphatic heterocycles. The van der Waals surface area contributed by atoms with Crippen molar-refractivity contribution in [3.05, 3.63) is 0 Å². The molecule has 94 valence electrons. The van der Waals surface area contributed by atoms with E-state index in [4.69, 9.17) is 0 Å². The van der Waals surface area contributed by atoms with Crippen molar-refractivity contribution in [2.24, 2.45) is 5.92 Å². The van der Waals surface area contributed by atoms with Gasteiger partial charge in [-0.1, -0.05) is 0 Å². The minimum atomic E-state index is -4.55. The van der Waals surface area contributed by atoms with Gasteiger partial charge in [-0.15, -0.1) is 0 Å². The third kappa shape index (κ3) is 3.58. The maximum atomic E-state index is 13.1. The lowest BCUT2D eigenvalue weighted by molar-refractivity contribution is -0.144. The van der Waals surface area contributed by atoms with E-state index >= 15 is 0 Å². The molecule has 1 amide bonds. The zero-order valence-corrected chi connectivity index (χ0v) is 8.15. The fourth-order valence-electron chi connectivity index (χ4n) is 1.45. The van der Waals surface area contributed by atoms with Gasteiger partial charge in [-0.3, -0.25) is 10.1 Å². The highest BCUT2D eigenvalue weighted by Gasteiger charge is 2.39. The van der Waals surface area contributed by atoms with Crippen molar-refractivity contribution in [3.8, 4) is 0 Å². The van der Waals surface area contributed by atoms with Gasteiger partial charge in [0.05, 0.1) is 5.92 Å². The number of carbonyl (C=O) groups is 1. The quantitative estimate of drug-likeness (QED) is 0.561. The molecule has 3 atom stereocenters. The van der Waals surface area contributed by atoms with Crippen molar-refractivity contribution >= 4 is 5.91 Å². The Balaban J connectivity index is 2.47. The Bertz CT molecular complexity index is 257. The zero-order valence-electron chi connectivity index (χ0n) is 8.15. The highest BCUT2D eigenvalue weighted by Crippen LogP contribution is 2.22. The Morgan fingerprint density at radius 2 is 2.00 bits per heavy atom. The molecule has 16 heavy (non-hydrogen) atoms. The molecule has 0 saturated carbocycles. The molecule has 0 radical (unpaired) electrons. The van der Waals surface area contributed by atoms with Crippen molar-refractivity contribution in [1.82, 2.24) is 10.6 Å². The van der Waals surface area contributed by atoms with E-state index in [1.165, 1.54) is 0 Å². The first-order chi connectivity index (χ1) is 7.31. The van der Waals surface area contributed by atoms with Gasteiger partial charge < -0.3 is 5.32 Å². The topological polar surface area (TPSA) is 41.1 Å². The predicted molar refractivity (Wildman–Crippen MR) is 45.0 cm³/mol. The fraction of sp³-hybridized carbons (Fsp3) is 0.875. The van der Waals surface area contributed by atoms with Gasteiger partial charge in [0.2, 0.25) is 5.91 Å². The number of amides is 1. The second kappa shape index (κ2) is 4.94. The van der Waals surface area contributed by atoms with Crippen LogP contribution in [0.15, 0.2) is 0 Å². The number of rotatable bonds is 2. The molecule has 3 nitrogen and oxygen atoms in total. The average Bonchev–Trinajstić information content (AvgIpc) is 2.17. The van der Waals surface area contributed by atoms with E-state index in [0.717, 1.165) is 0 Å². The maximum absolute atomic E-state index is 13.1. The number of carbonyl (C=O) groups excluding carboxylic acids is 1. The normalized spacial score (nSPS) is 31.2. The lowest BCUT2D eigenvalue weighted by Gasteiger charge is -2.28. The van der Waals surface area contributed by atoms with Gasteiger partial charge in [0.1, 0.15) is 6.54 Å². The maximum Gasteiger partial charge on any atom is 0.405 e. The summed E-state index contributed by atoms with van der Waals surface area (Å²) in [5.74, 6) is -2.47. The van der Waals surface area contributed by atoms with E-state index in [1.54, 1.807) is 5.32 Å². The first kappa shape index (κ1) is 13.1. The molecular weight excluding hydrogens is 235 g/mol. The molecule has 3 unspecified atom stereocenters. The van der Waals surface area contributed by atoms with Gasteiger partial charge in [-0.25, -0.2) is 8.78 Å². The summed E-state index contributed by atoms with van der Waals surface area (Å²) in [7, 11) is 0. The summed E-state index contributed by atoms with van der Waals surface area (Å²) in [5, 5.41) is 3.69. The minimum Gasteiger partial charge on any atom is -0.347 e. The molecule has 0 aromatic carbocycles. The van der Waals surface area contributed by atoms with Crippen LogP contribution in [0.5, 0.6) is 0 Å². The SMILES string of the molecule is O=C(NCC(F)(F)F)C1CCNC(F)C1F. The molecule has 1 heterocycles. The van der Waals surface area contributed by atoms with Crippen LogP contribution in [0.25, 0.3) is 0 Å². The number of hydrogen-bond acceptors (Lipinski definition) is 2. The van der Waals surface area contributed by atoms with Crippen LogP contribution in [0.1, 0.15) is 6.42 Å². The first-order valence-corrected chi connectivity index (χ1v) is 4.67. The Kier molecular flexibility index (Phi) is 4.06. The van der Waals surface area contributed by atoms with Crippen LogP contribution in [-0.2, 0) is 4.79 Å². The van der Waals surface area contributed by atoms with Crippen molar-refractivity contribution in [2.75, 3.05) is 13.1 Å². The van der Waals surface area contributed by atoms with Crippen LogP contribution >= 0.6 is 0 Å². The minimum absolute atomic E-state index is 0.0225. The van der Waals surface area contributed by atoms with Crippen LogP contribution in [0.3, 0.4) is 0 Å². The summed E-state index contributed by atoms with van der Waals surface area (Å²) in [6.45, 7) is -1.47. The van der Waals surface area contributed by atoms with Crippen LogP contribution in [-0.4, -0.2) is 37.6 Å². The summed E-state index contributed by atoms with van der Waals surface area (Å²) in [5.41, 5.74) is 0. The van der Waals surface area contributed by atoms with Gasteiger partial charge in [0, 0.05) is 0 Å². The molecule has 0 aliphatic carbocycles. The molecule has 1 rings (SSSR count). The molecular formula is C8H11F5N2O. The summed E-state index contributed by atoms with van der Waals surface area (Å²) in [4.78, 5) is 11.2. The van der Waals surface area contributed by atoms with E-state index in [-0.39, 0.29) is 13.0 Å². The average molecular weight is 246 g/mol. The van der Waals surface area contributed by atoms with Crippen molar-refractivity contribution in [2.45, 2.75) is 25.1 Å². The monoisotopic (exact) mass is 246 g/mol. The molecule has 8 heteroatoms. The van der Waals surface area contributed by atoms with E-state index < -0.39 is 37.0 Å². The molecule has 0 aromatic rings. The van der Waals surface area contributed by atoms with E-state index in [0.29, 0.717) is 0 Å².